The summed E-state index contributed by atoms with van der Waals surface area (Å²) in [5, 5.41) is 10.3. The van der Waals surface area contributed by atoms with Crippen molar-refractivity contribution >= 4 is 11.0 Å². The topological polar surface area (TPSA) is 46.0 Å². The van der Waals surface area contributed by atoms with Crippen LogP contribution in [0, 0.1) is 18.6 Å². The number of rotatable bonds is 2. The van der Waals surface area contributed by atoms with Crippen LogP contribution in [0.3, 0.4) is 0 Å². The second-order valence-corrected chi connectivity index (χ2v) is 4.81. The maximum absolute atomic E-state index is 13.9. The maximum atomic E-state index is 13.9. The standard InChI is InChI=1S/C16H12F2N2O/c1-9-2-4-11(15(18)14(9)17)16(21)10-3-5-12-13(8-10)20-7-6-19-12/h2-8,16,21H,1H3. The van der Waals surface area contributed by atoms with Crippen LogP contribution < -0.4 is 0 Å². The molecule has 1 heterocycles. The molecule has 1 unspecified atom stereocenters. The second-order valence-electron chi connectivity index (χ2n) is 4.81. The van der Waals surface area contributed by atoms with Gasteiger partial charge in [0, 0.05) is 18.0 Å². The summed E-state index contributed by atoms with van der Waals surface area (Å²) in [7, 11) is 0. The molecule has 0 aliphatic carbocycles. The maximum Gasteiger partial charge on any atom is 0.165 e. The van der Waals surface area contributed by atoms with Crippen molar-refractivity contribution in [1.29, 1.82) is 0 Å². The van der Waals surface area contributed by atoms with Crippen molar-refractivity contribution in [3.05, 3.63) is 71.1 Å². The molecular weight excluding hydrogens is 274 g/mol. The molecule has 2 aromatic carbocycles. The minimum absolute atomic E-state index is 0.0960. The predicted molar refractivity (Wildman–Crippen MR) is 74.7 cm³/mol. The third-order valence-corrected chi connectivity index (χ3v) is 3.41. The largest absolute Gasteiger partial charge is 0.384 e. The van der Waals surface area contributed by atoms with Crippen LogP contribution in [0.4, 0.5) is 8.78 Å². The highest BCUT2D eigenvalue weighted by molar-refractivity contribution is 5.74. The van der Waals surface area contributed by atoms with Crippen molar-refractivity contribution in [2.24, 2.45) is 0 Å². The van der Waals surface area contributed by atoms with Crippen LogP contribution in [0.1, 0.15) is 22.8 Å². The van der Waals surface area contributed by atoms with Crippen LogP contribution >= 0.6 is 0 Å². The van der Waals surface area contributed by atoms with E-state index in [0.29, 0.717) is 16.6 Å². The molecule has 0 amide bonds. The highest BCUT2D eigenvalue weighted by Gasteiger charge is 2.19. The zero-order chi connectivity index (χ0) is 15.0. The number of aliphatic hydroxyl groups excluding tert-OH is 1. The van der Waals surface area contributed by atoms with Gasteiger partial charge in [0.15, 0.2) is 11.6 Å². The fourth-order valence-corrected chi connectivity index (χ4v) is 2.20. The van der Waals surface area contributed by atoms with Crippen molar-refractivity contribution in [3.8, 4) is 0 Å². The van der Waals surface area contributed by atoms with Crippen LogP contribution in [-0.2, 0) is 0 Å². The van der Waals surface area contributed by atoms with Gasteiger partial charge in [-0.25, -0.2) is 8.78 Å². The molecule has 21 heavy (non-hydrogen) atoms. The Morgan fingerprint density at radius 2 is 1.67 bits per heavy atom. The Balaban J connectivity index is 2.08. The van der Waals surface area contributed by atoms with Crippen molar-refractivity contribution < 1.29 is 13.9 Å². The van der Waals surface area contributed by atoms with E-state index in [4.69, 9.17) is 0 Å². The number of halogens is 2. The molecule has 3 rings (SSSR count). The average molecular weight is 286 g/mol. The van der Waals surface area contributed by atoms with Gasteiger partial charge in [-0.1, -0.05) is 18.2 Å². The van der Waals surface area contributed by atoms with Gasteiger partial charge in [0.1, 0.15) is 6.10 Å². The first-order chi connectivity index (χ1) is 10.1. The molecule has 1 aromatic heterocycles. The molecule has 0 aliphatic heterocycles. The quantitative estimate of drug-likeness (QED) is 0.786. The summed E-state index contributed by atoms with van der Waals surface area (Å²) in [4.78, 5) is 8.25. The number of benzene rings is 2. The third kappa shape index (κ3) is 2.36. The normalized spacial score (nSPS) is 12.6. The summed E-state index contributed by atoms with van der Waals surface area (Å²) in [6.07, 6.45) is 1.84. The highest BCUT2D eigenvalue weighted by atomic mass is 19.2. The van der Waals surface area contributed by atoms with E-state index in [2.05, 4.69) is 9.97 Å². The number of hydrogen-bond acceptors (Lipinski definition) is 3. The first-order valence-electron chi connectivity index (χ1n) is 6.41. The van der Waals surface area contributed by atoms with Gasteiger partial charge in [0.25, 0.3) is 0 Å². The molecule has 3 nitrogen and oxygen atoms in total. The SMILES string of the molecule is Cc1ccc(C(O)c2ccc3nccnc3c2)c(F)c1F. The molecule has 1 atom stereocenters. The Morgan fingerprint density at radius 3 is 2.43 bits per heavy atom. The van der Waals surface area contributed by atoms with Crippen molar-refractivity contribution in [3.63, 3.8) is 0 Å². The number of nitrogens with zero attached hydrogens (tertiary/aromatic N) is 2. The summed E-state index contributed by atoms with van der Waals surface area (Å²) in [5.74, 6) is -1.96. The molecule has 1 N–H and O–H groups in total. The van der Waals surface area contributed by atoms with E-state index in [9.17, 15) is 13.9 Å². The molecule has 0 bridgehead atoms. The van der Waals surface area contributed by atoms with Crippen LogP contribution in [-0.4, -0.2) is 15.1 Å². The van der Waals surface area contributed by atoms with E-state index in [1.807, 2.05) is 0 Å². The Morgan fingerprint density at radius 1 is 0.952 bits per heavy atom. The van der Waals surface area contributed by atoms with Gasteiger partial charge in [-0.05, 0) is 30.2 Å². The fourth-order valence-electron chi connectivity index (χ4n) is 2.20. The monoisotopic (exact) mass is 286 g/mol. The van der Waals surface area contributed by atoms with E-state index in [-0.39, 0.29) is 11.1 Å². The van der Waals surface area contributed by atoms with Gasteiger partial charge in [0.2, 0.25) is 0 Å². The van der Waals surface area contributed by atoms with Crippen LogP contribution in [0.25, 0.3) is 11.0 Å². The minimum Gasteiger partial charge on any atom is -0.384 e. The van der Waals surface area contributed by atoms with E-state index in [0.717, 1.165) is 0 Å². The Labute approximate surface area is 119 Å². The summed E-state index contributed by atoms with van der Waals surface area (Å²) in [6, 6.07) is 7.75. The summed E-state index contributed by atoms with van der Waals surface area (Å²) >= 11 is 0. The van der Waals surface area contributed by atoms with Gasteiger partial charge in [0.05, 0.1) is 11.0 Å². The van der Waals surface area contributed by atoms with Crippen LogP contribution in [0.5, 0.6) is 0 Å². The lowest BCUT2D eigenvalue weighted by Gasteiger charge is -2.14. The van der Waals surface area contributed by atoms with Gasteiger partial charge in [-0.15, -0.1) is 0 Å². The zero-order valence-electron chi connectivity index (χ0n) is 11.2. The lowest BCUT2D eigenvalue weighted by molar-refractivity contribution is 0.213. The highest BCUT2D eigenvalue weighted by Crippen LogP contribution is 2.28. The van der Waals surface area contributed by atoms with Crippen molar-refractivity contribution in [1.82, 2.24) is 9.97 Å². The lowest BCUT2D eigenvalue weighted by atomic mass is 9.99. The van der Waals surface area contributed by atoms with E-state index in [1.165, 1.54) is 25.3 Å². The van der Waals surface area contributed by atoms with Crippen LogP contribution in [0.2, 0.25) is 0 Å². The summed E-state index contributed by atoms with van der Waals surface area (Å²) < 4.78 is 27.6. The van der Waals surface area contributed by atoms with Crippen molar-refractivity contribution in [2.75, 3.05) is 0 Å². The molecule has 3 aromatic rings. The smallest absolute Gasteiger partial charge is 0.165 e. The van der Waals surface area contributed by atoms with E-state index >= 15 is 0 Å². The third-order valence-electron chi connectivity index (χ3n) is 3.41. The van der Waals surface area contributed by atoms with Gasteiger partial charge in [-0.3, -0.25) is 9.97 Å². The van der Waals surface area contributed by atoms with Gasteiger partial charge >= 0.3 is 0 Å². The van der Waals surface area contributed by atoms with Gasteiger partial charge < -0.3 is 5.11 Å². The molecule has 106 valence electrons. The molecule has 0 saturated carbocycles. The van der Waals surface area contributed by atoms with E-state index in [1.54, 1.807) is 24.4 Å². The fraction of sp³-hybridized carbons (Fsp3) is 0.125. The molecule has 0 fully saturated rings. The van der Waals surface area contributed by atoms with Gasteiger partial charge in [-0.2, -0.15) is 0 Å². The molecule has 0 radical (unpaired) electrons. The van der Waals surface area contributed by atoms with Crippen molar-refractivity contribution in [2.45, 2.75) is 13.0 Å². The Hall–Kier alpha value is -2.40. The molecular formula is C16H12F2N2O. The van der Waals surface area contributed by atoms with E-state index < -0.39 is 17.7 Å². The predicted octanol–water partition coefficient (Wildman–Crippen LogP) is 3.30. The molecule has 5 heteroatoms. The molecule has 0 spiro atoms. The lowest BCUT2D eigenvalue weighted by Crippen LogP contribution is -2.05. The number of aromatic nitrogens is 2. The first-order valence-corrected chi connectivity index (χ1v) is 6.41. The first kappa shape index (κ1) is 13.6. The summed E-state index contributed by atoms with van der Waals surface area (Å²) in [5.41, 5.74) is 1.80. The van der Waals surface area contributed by atoms with Crippen LogP contribution in [0.15, 0.2) is 42.7 Å². The number of aliphatic hydroxyl groups is 1. The number of fused-ring (bicyclic) bond motifs is 1. The minimum atomic E-state index is -1.26. The molecule has 0 aliphatic rings. The number of hydrogen-bond donors (Lipinski definition) is 1. The Kier molecular flexibility index (Phi) is 3.35. The summed E-state index contributed by atoms with van der Waals surface area (Å²) in [6.45, 7) is 1.47. The molecule has 0 saturated heterocycles. The number of aryl methyl sites for hydroxylation is 1. The average Bonchev–Trinajstić information content (AvgIpc) is 2.52. The second kappa shape index (κ2) is 5.18. The Bertz CT molecular complexity index is 820. The zero-order valence-corrected chi connectivity index (χ0v) is 11.2.